The molecule has 2 aliphatic heterocycles. The van der Waals surface area contributed by atoms with Crippen LogP contribution < -0.4 is 0 Å². The third-order valence-electron chi connectivity index (χ3n) is 5.51. The first-order valence-electron chi connectivity index (χ1n) is 9.59. The number of pyridine rings is 1. The van der Waals surface area contributed by atoms with E-state index in [1.807, 2.05) is 18.2 Å². The number of esters is 1. The zero-order valence-electron chi connectivity index (χ0n) is 16.7. The number of carbonyl (C=O) groups is 1. The van der Waals surface area contributed by atoms with E-state index in [0.29, 0.717) is 24.5 Å². The van der Waals surface area contributed by atoms with Gasteiger partial charge in [-0.25, -0.2) is 9.78 Å². The number of fused-ring (bicyclic) bond motifs is 1. The van der Waals surface area contributed by atoms with Crippen LogP contribution in [0.5, 0.6) is 0 Å². The van der Waals surface area contributed by atoms with Gasteiger partial charge >= 0.3 is 5.97 Å². The molecule has 1 saturated heterocycles. The molecule has 148 valence electrons. The van der Waals surface area contributed by atoms with E-state index in [1.54, 1.807) is 0 Å². The minimum absolute atomic E-state index is 0.0243. The highest BCUT2D eigenvalue weighted by Crippen LogP contribution is 2.29. The number of hydrogen-bond acceptors (Lipinski definition) is 6. The van der Waals surface area contributed by atoms with Crippen LogP contribution >= 0.6 is 0 Å². The summed E-state index contributed by atoms with van der Waals surface area (Å²) in [5.74, 6) is -0.378. The first-order valence-corrected chi connectivity index (χ1v) is 9.59. The van der Waals surface area contributed by atoms with E-state index in [0.717, 1.165) is 43.1 Å². The van der Waals surface area contributed by atoms with Gasteiger partial charge in [0, 0.05) is 29.8 Å². The fourth-order valence-corrected chi connectivity index (χ4v) is 3.76. The summed E-state index contributed by atoms with van der Waals surface area (Å²) in [6.45, 7) is 8.69. The maximum Gasteiger partial charge on any atom is 0.340 e. The molecule has 3 heterocycles. The molecule has 0 bridgehead atoms. The van der Waals surface area contributed by atoms with Crippen molar-refractivity contribution in [2.45, 2.75) is 39.1 Å². The Morgan fingerprint density at radius 2 is 2.00 bits per heavy atom. The maximum absolute atomic E-state index is 12.3. The van der Waals surface area contributed by atoms with Gasteiger partial charge in [0.1, 0.15) is 0 Å². The molecule has 1 aromatic heterocycles. The first-order chi connectivity index (χ1) is 13.5. The van der Waals surface area contributed by atoms with Crippen LogP contribution in [0.2, 0.25) is 0 Å². The molecule has 0 saturated carbocycles. The molecular weight excluding hydrogens is 356 g/mol. The number of aromatic nitrogens is 1. The van der Waals surface area contributed by atoms with Crippen molar-refractivity contribution in [1.29, 1.82) is 0 Å². The lowest BCUT2D eigenvalue weighted by molar-refractivity contribution is -0.0552. The number of nitrogens with zero attached hydrogens (tertiary/aromatic N) is 2. The van der Waals surface area contributed by atoms with Gasteiger partial charge in [-0.2, -0.15) is 0 Å². The predicted octanol–water partition coefficient (Wildman–Crippen LogP) is 3.18. The largest absolute Gasteiger partial charge is 0.465 e. The molecule has 0 radical (unpaired) electrons. The van der Waals surface area contributed by atoms with Gasteiger partial charge in [0.25, 0.3) is 0 Å². The van der Waals surface area contributed by atoms with Crippen LogP contribution in [0.4, 0.5) is 0 Å². The smallest absolute Gasteiger partial charge is 0.340 e. The van der Waals surface area contributed by atoms with Crippen LogP contribution in [0.25, 0.3) is 11.3 Å². The highest BCUT2D eigenvalue weighted by Gasteiger charge is 2.30. The summed E-state index contributed by atoms with van der Waals surface area (Å²) in [5.41, 5.74) is 5.12. The standard InChI is InChI=1S/C22H26N2O4/c1-22(2)14-27-9-8-24(22)11-15-4-6-16(7-5-15)20-18(21(25)26-3)10-17-12-28-13-19(17)23-20/h4-7,10H,8-9,11-14H2,1-3H3. The molecule has 2 aliphatic rings. The summed E-state index contributed by atoms with van der Waals surface area (Å²) >= 11 is 0. The van der Waals surface area contributed by atoms with Gasteiger partial charge in [-0.05, 0) is 25.5 Å². The lowest BCUT2D eigenvalue weighted by atomic mass is 9.99. The van der Waals surface area contributed by atoms with Crippen LogP contribution in [0.15, 0.2) is 30.3 Å². The zero-order chi connectivity index (χ0) is 19.7. The van der Waals surface area contributed by atoms with Crippen LogP contribution in [0.1, 0.15) is 41.0 Å². The minimum atomic E-state index is -0.378. The molecule has 0 amide bonds. The summed E-state index contributed by atoms with van der Waals surface area (Å²) in [5, 5.41) is 0. The van der Waals surface area contributed by atoms with E-state index in [4.69, 9.17) is 19.2 Å². The molecule has 0 N–H and O–H groups in total. The number of carbonyl (C=O) groups excluding carboxylic acids is 1. The second-order valence-corrected chi connectivity index (χ2v) is 7.96. The molecule has 1 aromatic carbocycles. The van der Waals surface area contributed by atoms with Crippen molar-refractivity contribution in [3.8, 4) is 11.3 Å². The van der Waals surface area contributed by atoms with Crippen molar-refractivity contribution in [2.75, 3.05) is 26.9 Å². The minimum Gasteiger partial charge on any atom is -0.465 e. The van der Waals surface area contributed by atoms with Crippen molar-refractivity contribution >= 4 is 5.97 Å². The fourth-order valence-electron chi connectivity index (χ4n) is 3.76. The highest BCUT2D eigenvalue weighted by molar-refractivity contribution is 5.96. The Labute approximate surface area is 165 Å². The van der Waals surface area contributed by atoms with Gasteiger partial charge in [-0.3, -0.25) is 4.90 Å². The van der Waals surface area contributed by atoms with E-state index >= 15 is 0 Å². The number of ether oxygens (including phenoxy) is 3. The third kappa shape index (κ3) is 3.68. The molecule has 0 spiro atoms. The Bertz CT molecular complexity index is 877. The van der Waals surface area contributed by atoms with Crippen LogP contribution in [0, 0.1) is 0 Å². The second-order valence-electron chi connectivity index (χ2n) is 7.96. The van der Waals surface area contributed by atoms with Crippen molar-refractivity contribution in [3.05, 3.63) is 52.7 Å². The molecule has 2 aromatic rings. The quantitative estimate of drug-likeness (QED) is 0.757. The molecule has 28 heavy (non-hydrogen) atoms. The Hall–Kier alpha value is -2.28. The van der Waals surface area contributed by atoms with Crippen molar-refractivity contribution in [2.24, 2.45) is 0 Å². The van der Waals surface area contributed by atoms with E-state index in [2.05, 4.69) is 30.9 Å². The number of hydrogen-bond donors (Lipinski definition) is 0. The molecule has 0 unspecified atom stereocenters. The van der Waals surface area contributed by atoms with Gasteiger partial charge < -0.3 is 14.2 Å². The lowest BCUT2D eigenvalue weighted by Gasteiger charge is -2.42. The predicted molar refractivity (Wildman–Crippen MR) is 105 cm³/mol. The normalized spacial score (nSPS) is 18.7. The van der Waals surface area contributed by atoms with Crippen molar-refractivity contribution in [3.63, 3.8) is 0 Å². The molecule has 0 atom stereocenters. The summed E-state index contributed by atoms with van der Waals surface area (Å²) in [6.07, 6.45) is 0. The Morgan fingerprint density at radius 1 is 1.21 bits per heavy atom. The Kier molecular flexibility index (Phi) is 5.19. The van der Waals surface area contributed by atoms with E-state index in [9.17, 15) is 4.79 Å². The van der Waals surface area contributed by atoms with E-state index in [-0.39, 0.29) is 11.5 Å². The molecule has 0 aliphatic carbocycles. The molecule has 1 fully saturated rings. The lowest BCUT2D eigenvalue weighted by Crippen LogP contribution is -2.52. The number of benzene rings is 1. The van der Waals surface area contributed by atoms with Gasteiger partial charge in [0.05, 0.1) is 50.5 Å². The fraction of sp³-hybridized carbons (Fsp3) is 0.455. The monoisotopic (exact) mass is 382 g/mol. The van der Waals surface area contributed by atoms with E-state index < -0.39 is 0 Å². The zero-order valence-corrected chi connectivity index (χ0v) is 16.7. The molecule has 6 heteroatoms. The van der Waals surface area contributed by atoms with Gasteiger partial charge in [0.15, 0.2) is 0 Å². The highest BCUT2D eigenvalue weighted by atomic mass is 16.5. The Balaban J connectivity index is 1.61. The topological polar surface area (TPSA) is 60.9 Å². The third-order valence-corrected chi connectivity index (χ3v) is 5.51. The summed E-state index contributed by atoms with van der Waals surface area (Å²) in [7, 11) is 1.39. The van der Waals surface area contributed by atoms with Crippen LogP contribution in [-0.4, -0.2) is 48.3 Å². The number of methoxy groups -OCH3 is 1. The SMILES string of the molecule is COC(=O)c1cc2c(nc1-c1ccc(CN3CCOCC3(C)C)cc1)COC2. The molecular formula is C22H26N2O4. The average Bonchev–Trinajstić information content (AvgIpc) is 3.16. The van der Waals surface area contributed by atoms with Gasteiger partial charge in [0.2, 0.25) is 0 Å². The summed E-state index contributed by atoms with van der Waals surface area (Å²) < 4.78 is 16.0. The number of rotatable bonds is 4. The molecule has 4 rings (SSSR count). The average molecular weight is 382 g/mol. The van der Waals surface area contributed by atoms with Crippen molar-refractivity contribution in [1.82, 2.24) is 9.88 Å². The van der Waals surface area contributed by atoms with Crippen LogP contribution in [0.3, 0.4) is 0 Å². The molecule has 6 nitrogen and oxygen atoms in total. The summed E-state index contributed by atoms with van der Waals surface area (Å²) in [6, 6.07) is 10.1. The van der Waals surface area contributed by atoms with E-state index in [1.165, 1.54) is 12.7 Å². The number of morpholine rings is 1. The Morgan fingerprint density at radius 3 is 2.71 bits per heavy atom. The summed E-state index contributed by atoms with van der Waals surface area (Å²) in [4.78, 5) is 19.4. The van der Waals surface area contributed by atoms with Gasteiger partial charge in [-0.15, -0.1) is 0 Å². The maximum atomic E-state index is 12.3. The first kappa shape index (κ1) is 19.1. The second kappa shape index (κ2) is 7.62. The van der Waals surface area contributed by atoms with Gasteiger partial charge in [-0.1, -0.05) is 24.3 Å². The van der Waals surface area contributed by atoms with Crippen LogP contribution in [-0.2, 0) is 34.0 Å². The van der Waals surface area contributed by atoms with Crippen molar-refractivity contribution < 1.29 is 19.0 Å².